The minimum atomic E-state index is -0.456. The second-order valence-electron chi connectivity index (χ2n) is 4.89. The van der Waals surface area contributed by atoms with Crippen molar-refractivity contribution in [1.29, 1.82) is 0 Å². The number of rotatable bonds is 3. The van der Waals surface area contributed by atoms with Crippen molar-refractivity contribution in [2.24, 2.45) is 0 Å². The number of nitrogens with zero attached hydrogens (tertiary/aromatic N) is 1. The van der Waals surface area contributed by atoms with Crippen molar-refractivity contribution in [3.63, 3.8) is 0 Å². The molecule has 0 spiro atoms. The highest BCUT2D eigenvalue weighted by Crippen LogP contribution is 2.21. The molecule has 1 rings (SSSR count). The van der Waals surface area contributed by atoms with E-state index in [0.717, 1.165) is 12.8 Å². The molecule has 0 radical (unpaired) electrons. The van der Waals surface area contributed by atoms with Crippen LogP contribution in [0.25, 0.3) is 0 Å². The summed E-state index contributed by atoms with van der Waals surface area (Å²) < 4.78 is 10.8. The van der Waals surface area contributed by atoms with Crippen LogP contribution >= 0.6 is 0 Å². The van der Waals surface area contributed by atoms with E-state index in [-0.39, 0.29) is 12.3 Å². The molecule has 0 unspecified atom stereocenters. The molecule has 1 atom stereocenters. The van der Waals surface area contributed by atoms with Gasteiger partial charge < -0.3 is 9.47 Å². The Morgan fingerprint density at radius 3 is 2.81 bits per heavy atom. The van der Waals surface area contributed by atoms with E-state index in [1.54, 1.807) is 11.0 Å². The Morgan fingerprint density at radius 1 is 1.56 bits per heavy atom. The summed E-state index contributed by atoms with van der Waals surface area (Å²) in [6.07, 6.45) is 3.06. The predicted octanol–water partition coefficient (Wildman–Crippen LogP) is 2.55. The lowest BCUT2D eigenvalue weighted by molar-refractivity contribution is -0.0406. The first-order chi connectivity index (χ1) is 7.44. The van der Waals surface area contributed by atoms with Crippen molar-refractivity contribution in [3.05, 3.63) is 12.7 Å². The normalized spacial score (nSPS) is 20.9. The fourth-order valence-corrected chi connectivity index (χ4v) is 1.62. The first-order valence-corrected chi connectivity index (χ1v) is 5.66. The van der Waals surface area contributed by atoms with Crippen LogP contribution in [0, 0.1) is 0 Å². The van der Waals surface area contributed by atoms with Crippen molar-refractivity contribution < 1.29 is 14.3 Å². The molecule has 16 heavy (non-hydrogen) atoms. The first-order valence-electron chi connectivity index (χ1n) is 5.66. The second kappa shape index (κ2) is 5.34. The van der Waals surface area contributed by atoms with Gasteiger partial charge in [0.2, 0.25) is 0 Å². The topological polar surface area (TPSA) is 38.8 Å². The van der Waals surface area contributed by atoms with E-state index < -0.39 is 5.60 Å². The molecule has 1 amide bonds. The van der Waals surface area contributed by atoms with Crippen LogP contribution in [0.1, 0.15) is 33.6 Å². The third-order valence-electron chi connectivity index (χ3n) is 2.23. The minimum Gasteiger partial charge on any atom is -0.444 e. The molecule has 4 nitrogen and oxygen atoms in total. The molecule has 1 heterocycles. The summed E-state index contributed by atoms with van der Waals surface area (Å²) in [4.78, 5) is 13.5. The molecule has 0 aromatic heterocycles. The second-order valence-corrected chi connectivity index (χ2v) is 4.89. The van der Waals surface area contributed by atoms with Gasteiger partial charge in [0.1, 0.15) is 11.8 Å². The Morgan fingerprint density at radius 2 is 2.25 bits per heavy atom. The zero-order valence-corrected chi connectivity index (χ0v) is 10.4. The third kappa shape index (κ3) is 3.85. The smallest absolute Gasteiger partial charge is 0.412 e. The standard InChI is InChI=1S/C12H21NO3/c1-5-9-15-10-7-6-8-13(10)11(14)16-12(2,3)4/h5,10H,1,6-9H2,2-4H3/t10-/m1/s1. The number of hydrogen-bond donors (Lipinski definition) is 0. The van der Waals surface area contributed by atoms with Gasteiger partial charge in [-0.2, -0.15) is 0 Å². The van der Waals surface area contributed by atoms with E-state index in [1.165, 1.54) is 0 Å². The predicted molar refractivity (Wildman–Crippen MR) is 62.1 cm³/mol. The molecule has 92 valence electrons. The summed E-state index contributed by atoms with van der Waals surface area (Å²) in [7, 11) is 0. The molecule has 1 fully saturated rings. The SMILES string of the molecule is C=CCO[C@@H]1CCCN1C(=O)OC(C)(C)C. The minimum absolute atomic E-state index is 0.159. The third-order valence-corrected chi connectivity index (χ3v) is 2.23. The maximum atomic E-state index is 11.8. The van der Waals surface area contributed by atoms with Crippen molar-refractivity contribution in [1.82, 2.24) is 4.90 Å². The van der Waals surface area contributed by atoms with Gasteiger partial charge in [0.25, 0.3) is 0 Å². The van der Waals surface area contributed by atoms with Crippen LogP contribution in [0.15, 0.2) is 12.7 Å². The molecule has 1 aliphatic rings. The molecule has 1 aliphatic heterocycles. The highest BCUT2D eigenvalue weighted by Gasteiger charge is 2.32. The maximum absolute atomic E-state index is 11.8. The van der Waals surface area contributed by atoms with Crippen LogP contribution in [0.3, 0.4) is 0 Å². The monoisotopic (exact) mass is 227 g/mol. The Balaban J connectivity index is 2.50. The van der Waals surface area contributed by atoms with E-state index in [0.29, 0.717) is 13.2 Å². The Kier molecular flexibility index (Phi) is 4.35. The molecule has 0 bridgehead atoms. The number of ether oxygens (including phenoxy) is 2. The van der Waals surface area contributed by atoms with Gasteiger partial charge in [0.05, 0.1) is 6.61 Å². The number of amides is 1. The van der Waals surface area contributed by atoms with Gasteiger partial charge in [0, 0.05) is 6.54 Å². The molecule has 1 saturated heterocycles. The molecule has 0 aromatic carbocycles. The zero-order valence-electron chi connectivity index (χ0n) is 10.4. The van der Waals surface area contributed by atoms with Gasteiger partial charge in [-0.05, 0) is 33.6 Å². The number of likely N-dealkylation sites (tertiary alicyclic amines) is 1. The summed E-state index contributed by atoms with van der Waals surface area (Å²) in [5.41, 5.74) is -0.456. The van der Waals surface area contributed by atoms with Crippen LogP contribution in [-0.2, 0) is 9.47 Å². The van der Waals surface area contributed by atoms with Crippen molar-refractivity contribution >= 4 is 6.09 Å². The zero-order chi connectivity index (χ0) is 12.2. The molecule has 0 N–H and O–H groups in total. The average molecular weight is 227 g/mol. The Hall–Kier alpha value is -1.03. The lowest BCUT2D eigenvalue weighted by Gasteiger charge is -2.28. The van der Waals surface area contributed by atoms with Gasteiger partial charge in [-0.1, -0.05) is 6.08 Å². The first kappa shape index (κ1) is 13.0. The maximum Gasteiger partial charge on any atom is 0.412 e. The molecular formula is C12H21NO3. The highest BCUT2D eigenvalue weighted by molar-refractivity contribution is 5.68. The van der Waals surface area contributed by atoms with E-state index in [1.807, 2.05) is 20.8 Å². The Labute approximate surface area is 97.2 Å². The summed E-state index contributed by atoms with van der Waals surface area (Å²) in [5.74, 6) is 0. The Bertz CT molecular complexity index is 257. The molecule has 0 aliphatic carbocycles. The largest absolute Gasteiger partial charge is 0.444 e. The average Bonchev–Trinajstić information content (AvgIpc) is 2.59. The van der Waals surface area contributed by atoms with E-state index >= 15 is 0 Å². The summed E-state index contributed by atoms with van der Waals surface area (Å²) in [6, 6.07) is 0. The van der Waals surface area contributed by atoms with E-state index in [9.17, 15) is 4.79 Å². The molecule has 0 saturated carbocycles. The number of carbonyl (C=O) groups is 1. The van der Waals surface area contributed by atoms with E-state index in [4.69, 9.17) is 9.47 Å². The van der Waals surface area contributed by atoms with Gasteiger partial charge in [-0.15, -0.1) is 6.58 Å². The van der Waals surface area contributed by atoms with Crippen LogP contribution < -0.4 is 0 Å². The van der Waals surface area contributed by atoms with E-state index in [2.05, 4.69) is 6.58 Å². The van der Waals surface area contributed by atoms with Crippen molar-refractivity contribution in [2.75, 3.05) is 13.2 Å². The molecule has 4 heteroatoms. The van der Waals surface area contributed by atoms with Crippen LogP contribution in [0.5, 0.6) is 0 Å². The summed E-state index contributed by atoms with van der Waals surface area (Å²) in [6.45, 7) is 10.3. The van der Waals surface area contributed by atoms with Gasteiger partial charge in [-0.3, -0.25) is 4.90 Å². The molecule has 0 aromatic rings. The van der Waals surface area contributed by atoms with Gasteiger partial charge >= 0.3 is 6.09 Å². The quantitative estimate of drug-likeness (QED) is 0.695. The highest BCUT2D eigenvalue weighted by atomic mass is 16.6. The van der Waals surface area contributed by atoms with Crippen molar-refractivity contribution in [3.8, 4) is 0 Å². The van der Waals surface area contributed by atoms with Crippen molar-refractivity contribution in [2.45, 2.75) is 45.4 Å². The fraction of sp³-hybridized carbons (Fsp3) is 0.750. The number of carbonyl (C=O) groups excluding carboxylic acids is 1. The van der Waals surface area contributed by atoms with Crippen LogP contribution in [-0.4, -0.2) is 36.0 Å². The molecular weight excluding hydrogens is 206 g/mol. The lowest BCUT2D eigenvalue weighted by Crippen LogP contribution is -2.41. The summed E-state index contributed by atoms with van der Waals surface area (Å²) >= 11 is 0. The lowest BCUT2D eigenvalue weighted by atomic mass is 10.2. The van der Waals surface area contributed by atoms with Crippen LogP contribution in [0.4, 0.5) is 4.79 Å². The summed E-state index contributed by atoms with van der Waals surface area (Å²) in [5, 5.41) is 0. The number of hydrogen-bond acceptors (Lipinski definition) is 3. The van der Waals surface area contributed by atoms with Gasteiger partial charge in [-0.25, -0.2) is 4.79 Å². The van der Waals surface area contributed by atoms with Gasteiger partial charge in [0.15, 0.2) is 0 Å². The van der Waals surface area contributed by atoms with Crippen LogP contribution in [0.2, 0.25) is 0 Å². The fourth-order valence-electron chi connectivity index (χ4n) is 1.62.